The number of hydrogen-bond donors (Lipinski definition) is 0. The molecule has 1 unspecified atom stereocenters. The molecular weight excluding hydrogens is 128 g/mol. The SMILES string of the molecule is CC1C(=O)O[C@H]2CC=C[C@@H]12. The highest BCUT2D eigenvalue weighted by atomic mass is 16.6. The maximum absolute atomic E-state index is 10.9. The Morgan fingerprint density at radius 3 is 3.20 bits per heavy atom. The highest BCUT2D eigenvalue weighted by molar-refractivity contribution is 5.75. The average Bonchev–Trinajstić information content (AvgIpc) is 2.41. The summed E-state index contributed by atoms with van der Waals surface area (Å²) in [6.45, 7) is 1.93. The highest BCUT2D eigenvalue weighted by Gasteiger charge is 2.41. The molecule has 54 valence electrons. The Labute approximate surface area is 59.9 Å². The molecule has 1 aliphatic heterocycles. The van der Waals surface area contributed by atoms with Gasteiger partial charge in [-0.1, -0.05) is 19.1 Å². The van der Waals surface area contributed by atoms with Crippen LogP contribution in [0.1, 0.15) is 13.3 Å². The third-order valence-corrected chi connectivity index (χ3v) is 2.37. The van der Waals surface area contributed by atoms with Gasteiger partial charge in [0.25, 0.3) is 0 Å². The van der Waals surface area contributed by atoms with Crippen LogP contribution >= 0.6 is 0 Å². The second-order valence-electron chi connectivity index (χ2n) is 3.01. The van der Waals surface area contributed by atoms with E-state index in [1.165, 1.54) is 0 Å². The van der Waals surface area contributed by atoms with Gasteiger partial charge in [0, 0.05) is 12.3 Å². The third kappa shape index (κ3) is 0.618. The van der Waals surface area contributed by atoms with Gasteiger partial charge in [-0.05, 0) is 0 Å². The van der Waals surface area contributed by atoms with E-state index in [0.717, 1.165) is 6.42 Å². The smallest absolute Gasteiger partial charge is 0.309 e. The van der Waals surface area contributed by atoms with Crippen molar-refractivity contribution in [2.75, 3.05) is 0 Å². The van der Waals surface area contributed by atoms with Gasteiger partial charge in [-0.25, -0.2) is 0 Å². The normalized spacial score (nSPS) is 43.7. The molecule has 1 fully saturated rings. The molecule has 0 bridgehead atoms. The van der Waals surface area contributed by atoms with E-state index >= 15 is 0 Å². The van der Waals surface area contributed by atoms with Crippen molar-refractivity contribution in [3.63, 3.8) is 0 Å². The van der Waals surface area contributed by atoms with Gasteiger partial charge in [-0.3, -0.25) is 4.79 Å². The molecule has 0 aromatic carbocycles. The maximum Gasteiger partial charge on any atom is 0.309 e. The Balaban J connectivity index is 2.23. The van der Waals surface area contributed by atoms with E-state index in [2.05, 4.69) is 12.2 Å². The monoisotopic (exact) mass is 138 g/mol. The lowest BCUT2D eigenvalue weighted by atomic mass is 9.95. The summed E-state index contributed by atoms with van der Waals surface area (Å²) < 4.78 is 5.10. The van der Waals surface area contributed by atoms with Crippen molar-refractivity contribution in [2.45, 2.75) is 19.4 Å². The van der Waals surface area contributed by atoms with Crippen LogP contribution in [0.3, 0.4) is 0 Å². The summed E-state index contributed by atoms with van der Waals surface area (Å²) in [6.07, 6.45) is 5.28. The first kappa shape index (κ1) is 5.96. The molecule has 2 heteroatoms. The summed E-state index contributed by atoms with van der Waals surface area (Å²) in [4.78, 5) is 10.9. The minimum Gasteiger partial charge on any atom is -0.461 e. The summed E-state index contributed by atoms with van der Waals surface area (Å²) in [5.41, 5.74) is 0. The molecule has 0 aromatic heterocycles. The lowest BCUT2D eigenvalue weighted by molar-refractivity contribution is -0.143. The number of rotatable bonds is 0. The first-order chi connectivity index (χ1) is 4.79. The van der Waals surface area contributed by atoms with E-state index in [1.807, 2.05) is 6.92 Å². The van der Waals surface area contributed by atoms with Crippen LogP contribution in [0.5, 0.6) is 0 Å². The molecule has 3 atom stereocenters. The van der Waals surface area contributed by atoms with Gasteiger partial charge in [0.05, 0.1) is 5.92 Å². The second-order valence-corrected chi connectivity index (χ2v) is 3.01. The first-order valence-electron chi connectivity index (χ1n) is 3.66. The van der Waals surface area contributed by atoms with Crippen LogP contribution < -0.4 is 0 Å². The van der Waals surface area contributed by atoms with Crippen LogP contribution in [0, 0.1) is 11.8 Å². The second kappa shape index (κ2) is 1.84. The van der Waals surface area contributed by atoms with Crippen molar-refractivity contribution in [3.8, 4) is 0 Å². The summed E-state index contributed by atoms with van der Waals surface area (Å²) >= 11 is 0. The number of ether oxygens (including phenoxy) is 1. The Morgan fingerprint density at radius 2 is 2.50 bits per heavy atom. The van der Waals surface area contributed by atoms with Crippen molar-refractivity contribution >= 4 is 5.97 Å². The number of hydrogen-bond acceptors (Lipinski definition) is 2. The molecule has 1 heterocycles. The number of esters is 1. The van der Waals surface area contributed by atoms with Gasteiger partial charge < -0.3 is 4.74 Å². The predicted molar refractivity (Wildman–Crippen MR) is 36.3 cm³/mol. The van der Waals surface area contributed by atoms with Crippen molar-refractivity contribution in [1.82, 2.24) is 0 Å². The van der Waals surface area contributed by atoms with E-state index in [-0.39, 0.29) is 18.0 Å². The Bertz CT molecular complexity index is 195. The molecule has 0 aromatic rings. The van der Waals surface area contributed by atoms with Crippen LogP contribution in [0.2, 0.25) is 0 Å². The number of carbonyl (C=O) groups is 1. The predicted octanol–water partition coefficient (Wildman–Crippen LogP) is 1.12. The zero-order valence-electron chi connectivity index (χ0n) is 5.91. The zero-order chi connectivity index (χ0) is 7.14. The molecule has 10 heavy (non-hydrogen) atoms. The summed E-state index contributed by atoms with van der Waals surface area (Å²) in [7, 11) is 0. The van der Waals surface area contributed by atoms with Crippen molar-refractivity contribution in [2.24, 2.45) is 11.8 Å². The molecule has 2 nitrogen and oxygen atoms in total. The topological polar surface area (TPSA) is 26.3 Å². The highest BCUT2D eigenvalue weighted by Crippen LogP contribution is 2.35. The van der Waals surface area contributed by atoms with Gasteiger partial charge >= 0.3 is 5.97 Å². The number of carbonyl (C=O) groups excluding carboxylic acids is 1. The fourth-order valence-corrected chi connectivity index (χ4v) is 1.68. The van der Waals surface area contributed by atoms with E-state index < -0.39 is 0 Å². The minimum atomic E-state index is -0.0284. The molecule has 1 saturated heterocycles. The van der Waals surface area contributed by atoms with E-state index in [0.29, 0.717) is 5.92 Å². The molecule has 2 rings (SSSR count). The van der Waals surface area contributed by atoms with Gasteiger partial charge in [0.1, 0.15) is 6.10 Å². The van der Waals surface area contributed by atoms with E-state index in [1.54, 1.807) is 0 Å². The Kier molecular flexibility index (Phi) is 1.10. The first-order valence-corrected chi connectivity index (χ1v) is 3.66. The fraction of sp³-hybridized carbons (Fsp3) is 0.625. The quantitative estimate of drug-likeness (QED) is 0.370. The van der Waals surface area contributed by atoms with Crippen LogP contribution in [-0.4, -0.2) is 12.1 Å². The Morgan fingerprint density at radius 1 is 1.70 bits per heavy atom. The maximum atomic E-state index is 10.9. The molecule has 0 spiro atoms. The summed E-state index contributed by atoms with van der Waals surface area (Å²) in [5.74, 6) is 0.426. The zero-order valence-corrected chi connectivity index (χ0v) is 5.91. The third-order valence-electron chi connectivity index (χ3n) is 2.37. The molecule has 0 amide bonds. The summed E-state index contributed by atoms with van der Waals surface area (Å²) in [6, 6.07) is 0. The van der Waals surface area contributed by atoms with E-state index in [9.17, 15) is 4.79 Å². The average molecular weight is 138 g/mol. The lowest BCUT2D eigenvalue weighted by Crippen LogP contribution is -2.11. The van der Waals surface area contributed by atoms with Crippen LogP contribution in [-0.2, 0) is 9.53 Å². The van der Waals surface area contributed by atoms with Gasteiger partial charge in [-0.15, -0.1) is 0 Å². The Hall–Kier alpha value is -0.790. The summed E-state index contributed by atoms with van der Waals surface area (Å²) in [5, 5.41) is 0. The number of fused-ring (bicyclic) bond motifs is 1. The van der Waals surface area contributed by atoms with Gasteiger partial charge in [-0.2, -0.15) is 0 Å². The van der Waals surface area contributed by atoms with Crippen LogP contribution in [0.4, 0.5) is 0 Å². The molecule has 0 saturated carbocycles. The van der Waals surface area contributed by atoms with E-state index in [4.69, 9.17) is 4.74 Å². The minimum absolute atomic E-state index is 0.0284. The molecule has 1 aliphatic carbocycles. The molecular formula is C8H10O2. The molecule has 2 aliphatic rings. The van der Waals surface area contributed by atoms with Crippen molar-refractivity contribution in [1.29, 1.82) is 0 Å². The fourth-order valence-electron chi connectivity index (χ4n) is 1.68. The van der Waals surface area contributed by atoms with Crippen LogP contribution in [0.15, 0.2) is 12.2 Å². The standard InChI is InChI=1S/C8H10O2/c1-5-6-3-2-4-7(6)10-8(5)9/h2-3,5-7H,4H2,1H3/t5?,6-,7-/m0/s1. The van der Waals surface area contributed by atoms with Crippen molar-refractivity contribution < 1.29 is 9.53 Å². The largest absolute Gasteiger partial charge is 0.461 e. The van der Waals surface area contributed by atoms with Crippen molar-refractivity contribution in [3.05, 3.63) is 12.2 Å². The van der Waals surface area contributed by atoms with Crippen LogP contribution in [0.25, 0.3) is 0 Å². The van der Waals surface area contributed by atoms with Gasteiger partial charge in [0.15, 0.2) is 0 Å². The molecule has 0 N–H and O–H groups in total. The molecule has 0 radical (unpaired) electrons. The van der Waals surface area contributed by atoms with Gasteiger partial charge in [0.2, 0.25) is 0 Å². The lowest BCUT2D eigenvalue weighted by Gasteiger charge is -2.05.